The number of carbonyl (C=O) groups is 1. The largest absolute Gasteiger partial charge is 0.465 e. The molecule has 1 heterocycles. The molecule has 21 heavy (non-hydrogen) atoms. The zero-order valence-corrected chi connectivity index (χ0v) is 13.5. The summed E-state index contributed by atoms with van der Waals surface area (Å²) in [6, 6.07) is 10.1. The number of likely N-dealkylation sites (tertiary alicyclic amines) is 1. The lowest BCUT2D eigenvalue weighted by molar-refractivity contribution is -0.149. The number of benzene rings is 1. The third kappa shape index (κ3) is 3.63. The van der Waals surface area contributed by atoms with E-state index in [0.29, 0.717) is 18.6 Å². The van der Waals surface area contributed by atoms with Crippen molar-refractivity contribution in [2.75, 3.05) is 33.8 Å². The molecule has 1 aliphatic heterocycles. The standard InChI is InChI=1S/C17H26N2O2/c1-5-21-17(20)16(14-9-7-6-8-10-14)19-11-13(2)15(12-19)18(3)4/h6-10,13,15-16H,5,11-12H2,1-4H3. The molecule has 0 N–H and O–H groups in total. The van der Waals surface area contributed by atoms with Crippen molar-refractivity contribution in [3.05, 3.63) is 35.9 Å². The monoisotopic (exact) mass is 290 g/mol. The van der Waals surface area contributed by atoms with Crippen molar-refractivity contribution >= 4 is 5.97 Å². The normalized spacial score (nSPS) is 24.2. The molecule has 0 aromatic heterocycles. The van der Waals surface area contributed by atoms with Crippen LogP contribution in [0.5, 0.6) is 0 Å². The van der Waals surface area contributed by atoms with E-state index in [1.807, 2.05) is 37.3 Å². The average Bonchev–Trinajstić information content (AvgIpc) is 2.82. The molecule has 1 aliphatic rings. The Balaban J connectivity index is 2.23. The Hall–Kier alpha value is -1.39. The van der Waals surface area contributed by atoms with Gasteiger partial charge in [-0.15, -0.1) is 0 Å². The summed E-state index contributed by atoms with van der Waals surface area (Å²) >= 11 is 0. The lowest BCUT2D eigenvalue weighted by atomic mass is 10.1. The lowest BCUT2D eigenvalue weighted by Gasteiger charge is -2.27. The van der Waals surface area contributed by atoms with Crippen LogP contribution >= 0.6 is 0 Å². The van der Waals surface area contributed by atoms with Crippen LogP contribution in [0.25, 0.3) is 0 Å². The molecule has 0 saturated carbocycles. The van der Waals surface area contributed by atoms with E-state index in [4.69, 9.17) is 4.74 Å². The predicted octanol–water partition coefficient (Wildman–Crippen LogP) is 2.17. The van der Waals surface area contributed by atoms with Crippen LogP contribution in [0.15, 0.2) is 30.3 Å². The third-order valence-corrected chi connectivity index (χ3v) is 4.25. The van der Waals surface area contributed by atoms with Gasteiger partial charge in [0.1, 0.15) is 6.04 Å². The van der Waals surface area contributed by atoms with Crippen molar-refractivity contribution < 1.29 is 9.53 Å². The van der Waals surface area contributed by atoms with Gasteiger partial charge in [0.25, 0.3) is 0 Å². The topological polar surface area (TPSA) is 32.8 Å². The van der Waals surface area contributed by atoms with Crippen LogP contribution in [0.2, 0.25) is 0 Å². The second-order valence-corrected chi connectivity index (χ2v) is 6.03. The molecular formula is C17H26N2O2. The van der Waals surface area contributed by atoms with Crippen LogP contribution in [0.4, 0.5) is 0 Å². The fraction of sp³-hybridized carbons (Fsp3) is 0.588. The maximum atomic E-state index is 12.4. The molecule has 1 aromatic rings. The molecule has 4 heteroatoms. The van der Waals surface area contributed by atoms with Crippen molar-refractivity contribution in [3.8, 4) is 0 Å². The zero-order valence-electron chi connectivity index (χ0n) is 13.5. The molecule has 0 radical (unpaired) electrons. The van der Waals surface area contributed by atoms with E-state index in [1.54, 1.807) is 0 Å². The first kappa shape index (κ1) is 16.0. The second-order valence-electron chi connectivity index (χ2n) is 6.03. The number of rotatable bonds is 5. The molecule has 0 spiro atoms. The lowest BCUT2D eigenvalue weighted by Crippen LogP contribution is -2.37. The molecule has 2 rings (SSSR count). The summed E-state index contributed by atoms with van der Waals surface area (Å²) < 4.78 is 5.31. The van der Waals surface area contributed by atoms with Crippen molar-refractivity contribution in [2.45, 2.75) is 25.9 Å². The minimum atomic E-state index is -0.293. The molecule has 116 valence electrons. The van der Waals surface area contributed by atoms with Crippen LogP contribution < -0.4 is 0 Å². The van der Waals surface area contributed by atoms with Gasteiger partial charge >= 0.3 is 5.97 Å². The Labute approximate surface area is 127 Å². The van der Waals surface area contributed by atoms with Crippen LogP contribution in [0.3, 0.4) is 0 Å². The number of likely N-dealkylation sites (N-methyl/N-ethyl adjacent to an activating group) is 1. The molecule has 0 amide bonds. The number of nitrogens with zero attached hydrogens (tertiary/aromatic N) is 2. The molecule has 1 aromatic carbocycles. The van der Waals surface area contributed by atoms with Gasteiger partial charge in [0.05, 0.1) is 6.61 Å². The zero-order chi connectivity index (χ0) is 15.4. The van der Waals surface area contributed by atoms with Gasteiger partial charge in [-0.2, -0.15) is 0 Å². The highest BCUT2D eigenvalue weighted by Gasteiger charge is 2.38. The van der Waals surface area contributed by atoms with E-state index in [1.165, 1.54) is 0 Å². The summed E-state index contributed by atoms with van der Waals surface area (Å²) in [7, 11) is 4.21. The molecule has 1 saturated heterocycles. The highest BCUT2D eigenvalue weighted by molar-refractivity contribution is 5.77. The Morgan fingerprint density at radius 3 is 2.52 bits per heavy atom. The van der Waals surface area contributed by atoms with Crippen LogP contribution in [0, 0.1) is 5.92 Å². The Kier molecular flexibility index (Phi) is 5.37. The van der Waals surface area contributed by atoms with Crippen molar-refractivity contribution in [1.29, 1.82) is 0 Å². The smallest absolute Gasteiger partial charge is 0.328 e. The Morgan fingerprint density at radius 1 is 1.33 bits per heavy atom. The van der Waals surface area contributed by atoms with Gasteiger partial charge in [0, 0.05) is 19.1 Å². The number of ether oxygens (including phenoxy) is 1. The molecule has 0 bridgehead atoms. The van der Waals surface area contributed by atoms with Gasteiger partial charge in [-0.1, -0.05) is 37.3 Å². The number of hydrogen-bond acceptors (Lipinski definition) is 4. The van der Waals surface area contributed by atoms with E-state index < -0.39 is 0 Å². The van der Waals surface area contributed by atoms with E-state index >= 15 is 0 Å². The van der Waals surface area contributed by atoms with Gasteiger partial charge in [-0.25, -0.2) is 4.79 Å². The van der Waals surface area contributed by atoms with Gasteiger partial charge in [0.2, 0.25) is 0 Å². The maximum absolute atomic E-state index is 12.4. The molecule has 4 nitrogen and oxygen atoms in total. The van der Waals surface area contributed by atoms with E-state index in [2.05, 4.69) is 30.8 Å². The first-order chi connectivity index (χ1) is 10.0. The molecular weight excluding hydrogens is 264 g/mol. The van der Waals surface area contributed by atoms with Gasteiger partial charge in [-0.3, -0.25) is 4.90 Å². The van der Waals surface area contributed by atoms with E-state index in [9.17, 15) is 4.79 Å². The van der Waals surface area contributed by atoms with E-state index in [-0.39, 0.29) is 12.0 Å². The fourth-order valence-electron chi connectivity index (χ4n) is 3.22. The minimum absolute atomic E-state index is 0.143. The predicted molar refractivity (Wildman–Crippen MR) is 84.0 cm³/mol. The summed E-state index contributed by atoms with van der Waals surface area (Å²) in [4.78, 5) is 16.9. The quantitative estimate of drug-likeness (QED) is 0.778. The molecule has 3 atom stereocenters. The number of carbonyl (C=O) groups excluding carboxylic acids is 1. The summed E-state index contributed by atoms with van der Waals surface area (Å²) in [6.07, 6.45) is 0. The van der Waals surface area contributed by atoms with Crippen LogP contribution in [0.1, 0.15) is 25.5 Å². The first-order valence-corrected chi connectivity index (χ1v) is 7.66. The van der Waals surface area contributed by atoms with Crippen molar-refractivity contribution in [3.63, 3.8) is 0 Å². The second kappa shape index (κ2) is 7.05. The van der Waals surface area contributed by atoms with Crippen molar-refractivity contribution in [1.82, 2.24) is 9.80 Å². The SMILES string of the molecule is CCOC(=O)C(c1ccccc1)N1CC(C)C(N(C)C)C1. The van der Waals surface area contributed by atoms with Gasteiger partial charge < -0.3 is 9.64 Å². The van der Waals surface area contributed by atoms with E-state index in [0.717, 1.165) is 18.7 Å². The first-order valence-electron chi connectivity index (χ1n) is 7.66. The summed E-state index contributed by atoms with van der Waals surface area (Å²) in [5, 5.41) is 0. The average molecular weight is 290 g/mol. The molecule has 1 fully saturated rings. The summed E-state index contributed by atoms with van der Waals surface area (Å²) in [6.45, 7) is 6.34. The van der Waals surface area contributed by atoms with Crippen LogP contribution in [-0.4, -0.2) is 55.6 Å². The van der Waals surface area contributed by atoms with Crippen LogP contribution in [-0.2, 0) is 9.53 Å². The number of hydrogen-bond donors (Lipinski definition) is 0. The van der Waals surface area contributed by atoms with Gasteiger partial charge in [0.15, 0.2) is 0 Å². The highest BCUT2D eigenvalue weighted by atomic mass is 16.5. The highest BCUT2D eigenvalue weighted by Crippen LogP contribution is 2.30. The van der Waals surface area contributed by atoms with Gasteiger partial charge in [-0.05, 0) is 32.5 Å². The Morgan fingerprint density at radius 2 is 2.00 bits per heavy atom. The summed E-state index contributed by atoms with van der Waals surface area (Å²) in [5.74, 6) is 0.399. The Bertz CT molecular complexity index is 461. The third-order valence-electron chi connectivity index (χ3n) is 4.25. The van der Waals surface area contributed by atoms with Crippen molar-refractivity contribution in [2.24, 2.45) is 5.92 Å². The minimum Gasteiger partial charge on any atom is -0.465 e. The number of esters is 1. The molecule has 0 aliphatic carbocycles. The summed E-state index contributed by atoms with van der Waals surface area (Å²) in [5.41, 5.74) is 1.02. The maximum Gasteiger partial charge on any atom is 0.328 e. The fourth-order valence-corrected chi connectivity index (χ4v) is 3.22. The molecule has 3 unspecified atom stereocenters.